The van der Waals surface area contributed by atoms with Crippen LogP contribution in [0.4, 0.5) is 11.4 Å². The van der Waals surface area contributed by atoms with Gasteiger partial charge in [-0.3, -0.25) is 25.0 Å². The van der Waals surface area contributed by atoms with Crippen LogP contribution in [0.25, 0.3) is 0 Å². The van der Waals surface area contributed by atoms with Crippen LogP contribution in [-0.2, 0) is 0 Å². The minimum Gasteiger partial charge on any atom is -0.493 e. The van der Waals surface area contributed by atoms with E-state index in [2.05, 4.69) is 10.5 Å². The summed E-state index contributed by atoms with van der Waals surface area (Å²) in [7, 11) is 4.25. The van der Waals surface area contributed by atoms with Crippen LogP contribution in [0.5, 0.6) is 28.7 Å². The Bertz CT molecular complexity index is 1390. The lowest BCUT2D eigenvalue weighted by molar-refractivity contribution is -0.394. The Balaban J connectivity index is 1.82. The number of carbonyl (C=O) groups excluding carboxylic acids is 1. The van der Waals surface area contributed by atoms with Gasteiger partial charge in [-0.25, -0.2) is 5.43 Å². The SMILES string of the molecule is COc1ccc(C(=O)N/N=C/c2cc(Cl)c(Oc3ccc([N+](=O)[O-])cc3[N+](=O)[O-])c(OC)c2)cc1OC. The maximum atomic E-state index is 12.4. The molecule has 13 nitrogen and oxygen atoms in total. The molecule has 0 aromatic heterocycles. The second kappa shape index (κ2) is 11.7. The highest BCUT2D eigenvalue weighted by molar-refractivity contribution is 6.32. The van der Waals surface area contributed by atoms with Gasteiger partial charge < -0.3 is 18.9 Å². The van der Waals surface area contributed by atoms with E-state index in [0.717, 1.165) is 18.2 Å². The Kier molecular flexibility index (Phi) is 8.43. The maximum absolute atomic E-state index is 12.4. The van der Waals surface area contributed by atoms with Crippen molar-refractivity contribution in [2.24, 2.45) is 5.10 Å². The fourth-order valence-corrected chi connectivity index (χ4v) is 3.34. The van der Waals surface area contributed by atoms with E-state index in [1.807, 2.05) is 0 Å². The second-order valence-corrected chi connectivity index (χ2v) is 7.48. The highest BCUT2D eigenvalue weighted by Gasteiger charge is 2.23. The van der Waals surface area contributed by atoms with E-state index in [0.29, 0.717) is 17.1 Å². The van der Waals surface area contributed by atoms with Crippen LogP contribution < -0.4 is 24.4 Å². The van der Waals surface area contributed by atoms with Gasteiger partial charge in [-0.2, -0.15) is 5.10 Å². The first kappa shape index (κ1) is 26.7. The zero-order chi connectivity index (χ0) is 27.1. The predicted molar refractivity (Wildman–Crippen MR) is 132 cm³/mol. The number of amides is 1. The molecular formula is C23H19ClN4O9. The lowest BCUT2D eigenvalue weighted by Gasteiger charge is -2.13. The number of non-ortho nitro benzene ring substituents is 1. The summed E-state index contributed by atoms with van der Waals surface area (Å²) in [6.45, 7) is 0. The topological polar surface area (TPSA) is 165 Å². The summed E-state index contributed by atoms with van der Waals surface area (Å²) in [5, 5.41) is 26.3. The van der Waals surface area contributed by atoms with E-state index in [1.165, 1.54) is 51.8 Å². The van der Waals surface area contributed by atoms with Crippen LogP contribution >= 0.6 is 11.6 Å². The van der Waals surface area contributed by atoms with Crippen LogP contribution in [0.2, 0.25) is 5.02 Å². The lowest BCUT2D eigenvalue weighted by atomic mass is 10.2. The van der Waals surface area contributed by atoms with Crippen molar-refractivity contribution in [2.75, 3.05) is 21.3 Å². The van der Waals surface area contributed by atoms with Gasteiger partial charge in [-0.15, -0.1) is 0 Å². The molecule has 0 heterocycles. The zero-order valence-electron chi connectivity index (χ0n) is 19.6. The largest absolute Gasteiger partial charge is 0.493 e. The zero-order valence-corrected chi connectivity index (χ0v) is 20.3. The number of hydrogen-bond donors (Lipinski definition) is 1. The molecule has 14 heteroatoms. The van der Waals surface area contributed by atoms with E-state index in [-0.39, 0.29) is 27.8 Å². The highest BCUT2D eigenvalue weighted by atomic mass is 35.5. The first-order valence-electron chi connectivity index (χ1n) is 10.2. The summed E-state index contributed by atoms with van der Waals surface area (Å²) in [6, 6.07) is 10.4. The number of nitrogens with zero attached hydrogens (tertiary/aromatic N) is 3. The number of benzene rings is 3. The smallest absolute Gasteiger partial charge is 0.318 e. The molecule has 3 rings (SSSR count). The van der Waals surface area contributed by atoms with Crippen LogP contribution in [-0.4, -0.2) is 43.3 Å². The van der Waals surface area contributed by atoms with E-state index in [1.54, 1.807) is 6.07 Å². The van der Waals surface area contributed by atoms with Crippen molar-refractivity contribution in [3.63, 3.8) is 0 Å². The van der Waals surface area contributed by atoms with E-state index < -0.39 is 27.1 Å². The molecule has 0 atom stereocenters. The molecule has 0 saturated carbocycles. The Morgan fingerprint density at radius 1 is 0.892 bits per heavy atom. The van der Waals surface area contributed by atoms with Crippen molar-refractivity contribution in [3.05, 3.63) is 84.9 Å². The highest BCUT2D eigenvalue weighted by Crippen LogP contribution is 2.42. The molecule has 0 fully saturated rings. The average Bonchev–Trinajstić information content (AvgIpc) is 2.89. The molecule has 1 amide bonds. The van der Waals surface area contributed by atoms with Crippen molar-refractivity contribution >= 4 is 35.1 Å². The number of ether oxygens (including phenoxy) is 4. The molecule has 0 radical (unpaired) electrons. The molecule has 1 N–H and O–H groups in total. The van der Waals surface area contributed by atoms with Gasteiger partial charge in [0.05, 0.1) is 48.5 Å². The van der Waals surface area contributed by atoms with E-state index in [4.69, 9.17) is 30.5 Å². The van der Waals surface area contributed by atoms with Gasteiger partial charge in [0, 0.05) is 11.6 Å². The number of rotatable bonds is 10. The van der Waals surface area contributed by atoms with Crippen molar-refractivity contribution in [2.45, 2.75) is 0 Å². The van der Waals surface area contributed by atoms with Crippen LogP contribution in [0.1, 0.15) is 15.9 Å². The molecule has 3 aromatic carbocycles. The van der Waals surface area contributed by atoms with Gasteiger partial charge in [-0.1, -0.05) is 11.6 Å². The van der Waals surface area contributed by atoms with Gasteiger partial charge in [-0.05, 0) is 42.0 Å². The maximum Gasteiger partial charge on any atom is 0.318 e. The minimum atomic E-state index is -0.815. The van der Waals surface area contributed by atoms with Crippen LogP contribution in [0.3, 0.4) is 0 Å². The Hall–Kier alpha value is -4.91. The predicted octanol–water partition coefficient (Wildman–Crippen LogP) is 4.74. The van der Waals surface area contributed by atoms with Gasteiger partial charge in [0.15, 0.2) is 23.0 Å². The minimum absolute atomic E-state index is 0.000307. The molecule has 192 valence electrons. The number of halogens is 1. The lowest BCUT2D eigenvalue weighted by Crippen LogP contribution is -2.17. The van der Waals surface area contributed by atoms with Gasteiger partial charge in [0.2, 0.25) is 5.75 Å². The van der Waals surface area contributed by atoms with Gasteiger partial charge in [0.1, 0.15) is 0 Å². The fraction of sp³-hybridized carbons (Fsp3) is 0.130. The van der Waals surface area contributed by atoms with Crippen LogP contribution in [0.15, 0.2) is 53.6 Å². The molecule has 0 aliphatic heterocycles. The Morgan fingerprint density at radius 2 is 1.57 bits per heavy atom. The number of nitro groups is 2. The molecule has 0 aliphatic carbocycles. The fourth-order valence-electron chi connectivity index (χ4n) is 3.08. The number of carbonyl (C=O) groups is 1. The van der Waals surface area contributed by atoms with Crippen LogP contribution in [0, 0.1) is 20.2 Å². The molecule has 0 saturated heterocycles. The van der Waals surface area contributed by atoms with Crippen molar-refractivity contribution in [3.8, 4) is 28.7 Å². The summed E-state index contributed by atoms with van der Waals surface area (Å²) >= 11 is 6.32. The van der Waals surface area contributed by atoms with Gasteiger partial charge >= 0.3 is 5.69 Å². The first-order chi connectivity index (χ1) is 17.7. The monoisotopic (exact) mass is 530 g/mol. The normalized spacial score (nSPS) is 10.6. The first-order valence-corrected chi connectivity index (χ1v) is 10.6. The standard InChI is InChI=1S/C23H19ClN4O9/c1-34-19-6-4-14(10-20(19)35-2)23(29)26-25-12-13-8-16(24)22(21(9-13)36-3)37-18-7-5-15(27(30)31)11-17(18)28(32)33/h4-12H,1-3H3,(H,26,29)/b25-12+. The molecule has 3 aromatic rings. The van der Waals surface area contributed by atoms with Crippen molar-refractivity contribution in [1.82, 2.24) is 5.43 Å². The number of methoxy groups -OCH3 is 3. The average molecular weight is 531 g/mol. The molecule has 37 heavy (non-hydrogen) atoms. The summed E-state index contributed by atoms with van der Waals surface area (Å²) in [5.41, 5.74) is 1.95. The molecular weight excluding hydrogens is 512 g/mol. The summed E-state index contributed by atoms with van der Waals surface area (Å²) < 4.78 is 21.2. The quantitative estimate of drug-likeness (QED) is 0.221. The molecule has 0 unspecified atom stereocenters. The molecule has 0 bridgehead atoms. The Morgan fingerprint density at radius 3 is 2.19 bits per heavy atom. The van der Waals surface area contributed by atoms with Gasteiger partial charge in [0.25, 0.3) is 11.6 Å². The summed E-state index contributed by atoms with van der Waals surface area (Å²) in [4.78, 5) is 33.2. The van der Waals surface area contributed by atoms with E-state index >= 15 is 0 Å². The third-order valence-electron chi connectivity index (χ3n) is 4.84. The third kappa shape index (κ3) is 6.21. The summed E-state index contributed by atoms with van der Waals surface area (Å²) in [6.07, 6.45) is 1.30. The number of hydrogen-bond acceptors (Lipinski definition) is 10. The van der Waals surface area contributed by atoms with E-state index in [9.17, 15) is 25.0 Å². The summed E-state index contributed by atoms with van der Waals surface area (Å²) in [5.74, 6) is 0.0747. The molecule has 0 spiro atoms. The van der Waals surface area contributed by atoms with Crippen molar-refractivity contribution < 1.29 is 33.6 Å². The number of nitro benzene ring substituents is 2. The number of nitrogens with one attached hydrogen (secondary N) is 1. The van der Waals surface area contributed by atoms with Crippen molar-refractivity contribution in [1.29, 1.82) is 0 Å². The third-order valence-corrected chi connectivity index (χ3v) is 5.12. The second-order valence-electron chi connectivity index (χ2n) is 7.07. The number of hydrazone groups is 1. The molecule has 0 aliphatic rings. The Labute approximate surface area is 214 Å².